The standard InChI is InChI=1S/C16H21N3O/c1-4-14(17)10-19-16(20)8-7-15(18-19)13-6-5-11(2)12(3)9-13/h5-9,14H,4,10,17H2,1-3H3. The number of aromatic nitrogens is 2. The van der Waals surface area contributed by atoms with E-state index in [0.29, 0.717) is 6.54 Å². The van der Waals surface area contributed by atoms with E-state index in [4.69, 9.17) is 5.73 Å². The van der Waals surface area contributed by atoms with Crippen LogP contribution in [0.4, 0.5) is 0 Å². The molecule has 4 heteroatoms. The first kappa shape index (κ1) is 14.5. The number of hydrogen-bond acceptors (Lipinski definition) is 3. The number of hydrogen-bond donors (Lipinski definition) is 1. The van der Waals surface area contributed by atoms with Crippen LogP contribution >= 0.6 is 0 Å². The fraction of sp³-hybridized carbons (Fsp3) is 0.375. The van der Waals surface area contributed by atoms with Gasteiger partial charge in [-0.1, -0.05) is 19.1 Å². The molecule has 1 heterocycles. The van der Waals surface area contributed by atoms with Crippen molar-refractivity contribution in [2.24, 2.45) is 5.73 Å². The Morgan fingerprint density at radius 1 is 1.20 bits per heavy atom. The van der Waals surface area contributed by atoms with Crippen molar-refractivity contribution < 1.29 is 0 Å². The summed E-state index contributed by atoms with van der Waals surface area (Å²) in [5.74, 6) is 0. The third kappa shape index (κ3) is 3.14. The Balaban J connectivity index is 2.40. The predicted octanol–water partition coefficient (Wildman–Crippen LogP) is 2.26. The molecule has 106 valence electrons. The van der Waals surface area contributed by atoms with E-state index in [1.807, 2.05) is 13.0 Å². The molecule has 0 aliphatic heterocycles. The Kier molecular flexibility index (Phi) is 4.35. The van der Waals surface area contributed by atoms with Crippen LogP contribution in [0.25, 0.3) is 11.3 Å². The summed E-state index contributed by atoms with van der Waals surface area (Å²) in [5, 5.41) is 4.43. The Morgan fingerprint density at radius 3 is 2.60 bits per heavy atom. The molecule has 20 heavy (non-hydrogen) atoms. The van der Waals surface area contributed by atoms with Crippen molar-refractivity contribution in [1.29, 1.82) is 0 Å². The monoisotopic (exact) mass is 271 g/mol. The van der Waals surface area contributed by atoms with Gasteiger partial charge in [0.1, 0.15) is 0 Å². The minimum atomic E-state index is -0.110. The molecule has 0 saturated carbocycles. The third-order valence-corrected chi connectivity index (χ3v) is 3.60. The Labute approximate surface area is 119 Å². The first-order valence-electron chi connectivity index (χ1n) is 6.92. The molecule has 0 bridgehead atoms. The van der Waals surface area contributed by atoms with Crippen molar-refractivity contribution >= 4 is 0 Å². The quantitative estimate of drug-likeness (QED) is 0.928. The fourth-order valence-corrected chi connectivity index (χ4v) is 1.99. The Bertz CT molecular complexity index is 661. The molecule has 0 spiro atoms. The highest BCUT2D eigenvalue weighted by molar-refractivity contribution is 5.60. The highest BCUT2D eigenvalue weighted by atomic mass is 16.1. The van der Waals surface area contributed by atoms with Crippen LogP contribution < -0.4 is 11.3 Å². The van der Waals surface area contributed by atoms with Crippen LogP contribution in [0.2, 0.25) is 0 Å². The average molecular weight is 271 g/mol. The molecule has 0 aliphatic carbocycles. The van der Waals surface area contributed by atoms with E-state index >= 15 is 0 Å². The largest absolute Gasteiger partial charge is 0.326 e. The Hall–Kier alpha value is -1.94. The maximum Gasteiger partial charge on any atom is 0.266 e. The lowest BCUT2D eigenvalue weighted by molar-refractivity contribution is 0.482. The zero-order chi connectivity index (χ0) is 14.7. The summed E-state index contributed by atoms with van der Waals surface area (Å²) >= 11 is 0. The van der Waals surface area contributed by atoms with Crippen molar-refractivity contribution in [3.8, 4) is 11.3 Å². The molecular weight excluding hydrogens is 250 g/mol. The second-order valence-corrected chi connectivity index (χ2v) is 5.21. The van der Waals surface area contributed by atoms with E-state index in [0.717, 1.165) is 17.7 Å². The van der Waals surface area contributed by atoms with Crippen LogP contribution in [0.15, 0.2) is 35.1 Å². The molecule has 2 N–H and O–H groups in total. The van der Waals surface area contributed by atoms with E-state index in [2.05, 4.69) is 31.1 Å². The number of nitrogens with zero attached hydrogens (tertiary/aromatic N) is 2. The number of aryl methyl sites for hydroxylation is 2. The van der Waals surface area contributed by atoms with Gasteiger partial charge in [-0.25, -0.2) is 4.68 Å². The maximum atomic E-state index is 11.8. The van der Waals surface area contributed by atoms with Gasteiger partial charge in [-0.15, -0.1) is 0 Å². The van der Waals surface area contributed by atoms with Crippen molar-refractivity contribution in [2.45, 2.75) is 39.8 Å². The minimum Gasteiger partial charge on any atom is -0.326 e. The predicted molar refractivity (Wildman–Crippen MR) is 81.7 cm³/mol. The molecule has 1 aromatic heterocycles. The van der Waals surface area contributed by atoms with E-state index in [-0.39, 0.29) is 11.6 Å². The second-order valence-electron chi connectivity index (χ2n) is 5.21. The number of nitrogens with two attached hydrogens (primary N) is 1. The van der Waals surface area contributed by atoms with Crippen LogP contribution in [0.3, 0.4) is 0 Å². The second kappa shape index (κ2) is 6.01. The van der Waals surface area contributed by atoms with Crippen LogP contribution in [0.1, 0.15) is 24.5 Å². The van der Waals surface area contributed by atoms with Gasteiger partial charge in [-0.2, -0.15) is 5.10 Å². The molecule has 1 aromatic carbocycles. The average Bonchev–Trinajstić information content (AvgIpc) is 2.44. The van der Waals surface area contributed by atoms with Gasteiger partial charge in [0.15, 0.2) is 0 Å². The fourth-order valence-electron chi connectivity index (χ4n) is 1.99. The summed E-state index contributed by atoms with van der Waals surface area (Å²) in [7, 11) is 0. The van der Waals surface area contributed by atoms with Gasteiger partial charge in [-0.05, 0) is 43.5 Å². The first-order valence-corrected chi connectivity index (χ1v) is 6.92. The van der Waals surface area contributed by atoms with Gasteiger partial charge in [-0.3, -0.25) is 4.79 Å². The topological polar surface area (TPSA) is 60.9 Å². The lowest BCUT2D eigenvalue weighted by Crippen LogP contribution is -2.32. The van der Waals surface area contributed by atoms with Gasteiger partial charge in [0, 0.05) is 17.7 Å². The van der Waals surface area contributed by atoms with E-state index < -0.39 is 0 Å². The van der Waals surface area contributed by atoms with Crippen LogP contribution in [-0.2, 0) is 6.54 Å². The Morgan fingerprint density at radius 2 is 1.95 bits per heavy atom. The normalized spacial score (nSPS) is 12.4. The number of rotatable bonds is 4. The SMILES string of the molecule is CCC(N)Cn1nc(-c2ccc(C)c(C)c2)ccc1=O. The number of benzene rings is 1. The first-order chi connectivity index (χ1) is 9.51. The molecule has 4 nitrogen and oxygen atoms in total. The van der Waals surface area contributed by atoms with Crippen molar-refractivity contribution in [3.05, 3.63) is 51.8 Å². The lowest BCUT2D eigenvalue weighted by atomic mass is 10.0. The third-order valence-electron chi connectivity index (χ3n) is 3.60. The maximum absolute atomic E-state index is 11.8. The summed E-state index contributed by atoms with van der Waals surface area (Å²) in [6.45, 7) is 6.60. The molecular formula is C16H21N3O. The summed E-state index contributed by atoms with van der Waals surface area (Å²) in [4.78, 5) is 11.8. The van der Waals surface area contributed by atoms with Gasteiger partial charge in [0.05, 0.1) is 12.2 Å². The van der Waals surface area contributed by atoms with Gasteiger partial charge >= 0.3 is 0 Å². The molecule has 0 aliphatic rings. The van der Waals surface area contributed by atoms with E-state index in [1.54, 1.807) is 12.1 Å². The molecule has 0 amide bonds. The molecule has 2 rings (SSSR count). The molecule has 1 atom stereocenters. The summed E-state index contributed by atoms with van der Waals surface area (Å²) in [6, 6.07) is 9.46. The van der Waals surface area contributed by atoms with Gasteiger partial charge < -0.3 is 5.73 Å². The van der Waals surface area contributed by atoms with Gasteiger partial charge in [0.25, 0.3) is 5.56 Å². The highest BCUT2D eigenvalue weighted by Gasteiger charge is 2.07. The highest BCUT2D eigenvalue weighted by Crippen LogP contribution is 2.19. The lowest BCUT2D eigenvalue weighted by Gasteiger charge is -2.12. The summed E-state index contributed by atoms with van der Waals surface area (Å²) < 4.78 is 1.46. The minimum absolute atomic E-state index is 0.0461. The van der Waals surface area contributed by atoms with E-state index in [9.17, 15) is 4.79 Å². The smallest absolute Gasteiger partial charge is 0.266 e. The zero-order valence-corrected chi connectivity index (χ0v) is 12.3. The van der Waals surface area contributed by atoms with E-state index in [1.165, 1.54) is 15.8 Å². The van der Waals surface area contributed by atoms with Crippen molar-refractivity contribution in [1.82, 2.24) is 9.78 Å². The van der Waals surface area contributed by atoms with Crippen molar-refractivity contribution in [3.63, 3.8) is 0 Å². The molecule has 0 saturated heterocycles. The summed E-state index contributed by atoms with van der Waals surface area (Å²) in [6.07, 6.45) is 0.821. The molecule has 0 radical (unpaired) electrons. The molecule has 2 aromatic rings. The van der Waals surface area contributed by atoms with Crippen LogP contribution in [0, 0.1) is 13.8 Å². The zero-order valence-electron chi connectivity index (χ0n) is 12.3. The van der Waals surface area contributed by atoms with Crippen LogP contribution in [-0.4, -0.2) is 15.8 Å². The van der Waals surface area contributed by atoms with Crippen molar-refractivity contribution in [2.75, 3.05) is 0 Å². The van der Waals surface area contributed by atoms with Crippen LogP contribution in [0.5, 0.6) is 0 Å². The summed E-state index contributed by atoms with van der Waals surface area (Å²) in [5.41, 5.74) is 10.1. The van der Waals surface area contributed by atoms with Gasteiger partial charge in [0.2, 0.25) is 0 Å². The molecule has 0 fully saturated rings. The molecule has 1 unspecified atom stereocenters.